The fourth-order valence-electron chi connectivity index (χ4n) is 2.35. The molecule has 20 heavy (non-hydrogen) atoms. The maximum Gasteiger partial charge on any atom is -0.0213 e. The summed E-state index contributed by atoms with van der Waals surface area (Å²) >= 11 is 0. The lowest BCUT2D eigenvalue weighted by Crippen LogP contribution is -1.97. The van der Waals surface area contributed by atoms with Crippen LogP contribution in [0.3, 0.4) is 0 Å². The lowest BCUT2D eigenvalue weighted by molar-refractivity contribution is 0.790. The van der Waals surface area contributed by atoms with Crippen LogP contribution in [0.5, 0.6) is 0 Å². The van der Waals surface area contributed by atoms with Crippen LogP contribution >= 0.6 is 0 Å². The average Bonchev–Trinajstić information content (AvgIpc) is 2.43. The first kappa shape index (κ1) is 16.5. The summed E-state index contributed by atoms with van der Waals surface area (Å²) in [5.74, 6) is 0.520. The Balaban J connectivity index is 3.11. The van der Waals surface area contributed by atoms with Crippen LogP contribution in [0.25, 0.3) is 5.57 Å². The largest absolute Gasteiger partial charge is 0.0991 e. The standard InChI is InChI=1S/C20H28/c1-6-8-10-12-20(16(3)4)19-14-13-17(5)18(15-19)11-9-7-2/h6,8,10,12-16H,1,7,9,11H2,2-5H3/b10-8-,20-12+. The molecular formula is C20H28. The third kappa shape index (κ3) is 4.85. The zero-order chi connectivity index (χ0) is 15.0. The van der Waals surface area contributed by atoms with E-state index < -0.39 is 0 Å². The van der Waals surface area contributed by atoms with E-state index in [1.54, 1.807) is 0 Å². The van der Waals surface area contributed by atoms with Crippen molar-refractivity contribution in [3.8, 4) is 0 Å². The molecule has 0 aliphatic rings. The highest BCUT2D eigenvalue weighted by molar-refractivity contribution is 5.69. The number of unbranched alkanes of at least 4 members (excludes halogenated alkanes) is 1. The van der Waals surface area contributed by atoms with Crippen LogP contribution < -0.4 is 0 Å². The first-order valence-corrected chi connectivity index (χ1v) is 7.69. The topological polar surface area (TPSA) is 0 Å². The molecule has 0 aliphatic heterocycles. The summed E-state index contributed by atoms with van der Waals surface area (Å²) in [5, 5.41) is 0. The zero-order valence-electron chi connectivity index (χ0n) is 13.4. The van der Waals surface area contributed by atoms with Crippen molar-refractivity contribution in [2.24, 2.45) is 5.92 Å². The summed E-state index contributed by atoms with van der Waals surface area (Å²) < 4.78 is 0. The van der Waals surface area contributed by atoms with Crippen LogP contribution in [0.2, 0.25) is 0 Å². The van der Waals surface area contributed by atoms with Gasteiger partial charge in [0.2, 0.25) is 0 Å². The SMILES string of the molecule is C=C/C=C\C=C(\c1ccc(C)c(CCCC)c1)C(C)C. The molecule has 0 atom stereocenters. The third-order valence-electron chi connectivity index (χ3n) is 3.63. The molecule has 0 heteroatoms. The summed E-state index contributed by atoms with van der Waals surface area (Å²) in [4.78, 5) is 0. The quantitative estimate of drug-likeness (QED) is 0.523. The van der Waals surface area contributed by atoms with E-state index in [-0.39, 0.29) is 0 Å². The second-order valence-corrected chi connectivity index (χ2v) is 5.64. The van der Waals surface area contributed by atoms with Crippen LogP contribution in [-0.2, 0) is 6.42 Å². The van der Waals surface area contributed by atoms with Crippen molar-refractivity contribution in [1.82, 2.24) is 0 Å². The smallest absolute Gasteiger partial charge is 0.0213 e. The molecule has 0 heterocycles. The number of aryl methyl sites for hydroxylation is 2. The van der Waals surface area contributed by atoms with Gasteiger partial charge in [-0.3, -0.25) is 0 Å². The Labute approximate surface area is 124 Å². The highest BCUT2D eigenvalue weighted by Gasteiger charge is 2.08. The summed E-state index contributed by atoms with van der Waals surface area (Å²) in [6, 6.07) is 6.88. The lowest BCUT2D eigenvalue weighted by atomic mass is 9.91. The molecule has 0 bridgehead atoms. The minimum atomic E-state index is 0.520. The molecule has 0 nitrogen and oxygen atoms in total. The van der Waals surface area contributed by atoms with Gasteiger partial charge in [0.05, 0.1) is 0 Å². The van der Waals surface area contributed by atoms with Gasteiger partial charge in [-0.15, -0.1) is 0 Å². The van der Waals surface area contributed by atoms with Gasteiger partial charge in [-0.05, 0) is 47.9 Å². The molecule has 1 rings (SSSR count). The first-order valence-electron chi connectivity index (χ1n) is 7.69. The van der Waals surface area contributed by atoms with E-state index in [9.17, 15) is 0 Å². The molecule has 0 saturated heterocycles. The van der Waals surface area contributed by atoms with Crippen molar-refractivity contribution in [3.63, 3.8) is 0 Å². The van der Waals surface area contributed by atoms with Gasteiger partial charge in [0, 0.05) is 0 Å². The summed E-state index contributed by atoms with van der Waals surface area (Å²) in [7, 11) is 0. The van der Waals surface area contributed by atoms with E-state index in [2.05, 4.69) is 64.6 Å². The number of hydrogen-bond donors (Lipinski definition) is 0. The third-order valence-corrected chi connectivity index (χ3v) is 3.63. The zero-order valence-corrected chi connectivity index (χ0v) is 13.4. The molecule has 0 amide bonds. The van der Waals surface area contributed by atoms with Gasteiger partial charge in [0.15, 0.2) is 0 Å². The van der Waals surface area contributed by atoms with Crippen molar-refractivity contribution < 1.29 is 0 Å². The van der Waals surface area contributed by atoms with E-state index in [0.29, 0.717) is 5.92 Å². The molecule has 0 aliphatic carbocycles. The Morgan fingerprint density at radius 3 is 2.60 bits per heavy atom. The Kier molecular flexibility index (Phi) is 7.08. The second-order valence-electron chi connectivity index (χ2n) is 5.64. The maximum atomic E-state index is 3.72. The van der Waals surface area contributed by atoms with E-state index in [1.807, 2.05) is 12.2 Å². The molecule has 0 N–H and O–H groups in total. The Hall–Kier alpha value is -1.56. The minimum absolute atomic E-state index is 0.520. The number of benzene rings is 1. The van der Waals surface area contributed by atoms with Gasteiger partial charge in [-0.25, -0.2) is 0 Å². The van der Waals surface area contributed by atoms with Crippen molar-refractivity contribution in [2.45, 2.75) is 47.0 Å². The highest BCUT2D eigenvalue weighted by atomic mass is 14.1. The molecule has 0 unspecified atom stereocenters. The van der Waals surface area contributed by atoms with Gasteiger partial charge >= 0.3 is 0 Å². The van der Waals surface area contributed by atoms with Crippen LogP contribution in [0.1, 0.15) is 50.3 Å². The monoisotopic (exact) mass is 268 g/mol. The van der Waals surface area contributed by atoms with E-state index in [4.69, 9.17) is 0 Å². The molecule has 0 fully saturated rings. The fraction of sp³-hybridized carbons (Fsp3) is 0.400. The molecule has 0 radical (unpaired) electrons. The van der Waals surface area contributed by atoms with E-state index in [1.165, 1.54) is 41.5 Å². The van der Waals surface area contributed by atoms with E-state index in [0.717, 1.165) is 0 Å². The minimum Gasteiger partial charge on any atom is -0.0991 e. The molecule has 108 valence electrons. The van der Waals surface area contributed by atoms with Crippen LogP contribution in [0.4, 0.5) is 0 Å². The van der Waals surface area contributed by atoms with Gasteiger partial charge < -0.3 is 0 Å². The molecule has 0 saturated carbocycles. The van der Waals surface area contributed by atoms with Gasteiger partial charge in [-0.2, -0.15) is 0 Å². The van der Waals surface area contributed by atoms with Crippen molar-refractivity contribution in [1.29, 1.82) is 0 Å². The second kappa shape index (κ2) is 8.58. The molecule has 0 aromatic heterocycles. The molecule has 1 aromatic rings. The van der Waals surface area contributed by atoms with Crippen molar-refractivity contribution in [3.05, 3.63) is 65.8 Å². The predicted octanol–water partition coefficient (Wildman–Crippen LogP) is 6.12. The van der Waals surface area contributed by atoms with Gasteiger partial charge in [0.1, 0.15) is 0 Å². The normalized spacial score (nSPS) is 12.3. The van der Waals surface area contributed by atoms with Gasteiger partial charge in [-0.1, -0.05) is 76.3 Å². The van der Waals surface area contributed by atoms with Gasteiger partial charge in [0.25, 0.3) is 0 Å². The van der Waals surface area contributed by atoms with Crippen molar-refractivity contribution in [2.75, 3.05) is 0 Å². The predicted molar refractivity (Wildman–Crippen MR) is 91.9 cm³/mol. The van der Waals surface area contributed by atoms with Crippen molar-refractivity contribution >= 4 is 5.57 Å². The molecular weight excluding hydrogens is 240 g/mol. The Morgan fingerprint density at radius 1 is 1.25 bits per heavy atom. The Morgan fingerprint density at radius 2 is 2.00 bits per heavy atom. The number of rotatable bonds is 7. The maximum absolute atomic E-state index is 3.72. The number of allylic oxidation sites excluding steroid dienone is 5. The Bertz CT molecular complexity index is 487. The molecule has 1 aromatic carbocycles. The fourth-order valence-corrected chi connectivity index (χ4v) is 2.35. The number of hydrogen-bond acceptors (Lipinski definition) is 0. The van der Waals surface area contributed by atoms with Crippen LogP contribution in [-0.4, -0.2) is 0 Å². The average molecular weight is 268 g/mol. The summed E-state index contributed by atoms with van der Waals surface area (Å²) in [6.07, 6.45) is 11.8. The summed E-state index contributed by atoms with van der Waals surface area (Å²) in [5.41, 5.74) is 5.64. The summed E-state index contributed by atoms with van der Waals surface area (Å²) in [6.45, 7) is 12.7. The first-order chi connectivity index (χ1) is 9.60. The molecule has 0 spiro atoms. The highest BCUT2D eigenvalue weighted by Crippen LogP contribution is 2.26. The lowest BCUT2D eigenvalue weighted by Gasteiger charge is -2.14. The van der Waals surface area contributed by atoms with E-state index >= 15 is 0 Å². The van der Waals surface area contributed by atoms with Crippen LogP contribution in [0.15, 0.2) is 49.1 Å². The van der Waals surface area contributed by atoms with Crippen LogP contribution in [0, 0.1) is 12.8 Å².